The monoisotopic (exact) mass is 402 g/mol. The van der Waals surface area contributed by atoms with Crippen LogP contribution in [0, 0.1) is 6.92 Å². The molecule has 0 radical (unpaired) electrons. The lowest BCUT2D eigenvalue weighted by Crippen LogP contribution is -2.28. The van der Waals surface area contributed by atoms with Crippen LogP contribution in [0.2, 0.25) is 0 Å². The summed E-state index contributed by atoms with van der Waals surface area (Å²) in [6, 6.07) is 9.85. The molecule has 2 aromatic heterocycles. The van der Waals surface area contributed by atoms with Crippen LogP contribution in [0.5, 0.6) is 11.5 Å². The Kier molecular flexibility index (Phi) is 6.13. The standard InChI is InChI=1S/C20H22N2O3S2/c1-13-18(27-19(21-13)17-6-5-11-26-17)20(23)22(2)10-9-14-7-8-15(24-3)16(12-14)25-4/h5-8,11-12H,9-10H2,1-4H3. The number of thiazole rings is 1. The molecule has 0 spiro atoms. The van der Waals surface area contributed by atoms with Crippen LogP contribution in [-0.2, 0) is 6.42 Å². The number of thiophene rings is 1. The van der Waals surface area contributed by atoms with Crippen LogP contribution < -0.4 is 9.47 Å². The number of likely N-dealkylation sites (N-methyl/N-ethyl adjacent to an activating group) is 1. The van der Waals surface area contributed by atoms with Gasteiger partial charge in [0, 0.05) is 13.6 Å². The van der Waals surface area contributed by atoms with E-state index < -0.39 is 0 Å². The normalized spacial score (nSPS) is 10.7. The Hall–Kier alpha value is -2.38. The molecule has 0 saturated carbocycles. The molecule has 3 aromatic rings. The predicted molar refractivity (Wildman–Crippen MR) is 110 cm³/mol. The Morgan fingerprint density at radius 3 is 2.63 bits per heavy atom. The average Bonchev–Trinajstić information content (AvgIpc) is 3.34. The Morgan fingerprint density at radius 2 is 1.96 bits per heavy atom. The molecule has 0 bridgehead atoms. The second kappa shape index (κ2) is 8.54. The second-order valence-corrected chi connectivity index (χ2v) is 8.02. The summed E-state index contributed by atoms with van der Waals surface area (Å²) in [4.78, 5) is 21.0. The molecule has 2 heterocycles. The van der Waals surface area contributed by atoms with Crippen LogP contribution in [0.4, 0.5) is 0 Å². The summed E-state index contributed by atoms with van der Waals surface area (Å²) < 4.78 is 10.6. The molecule has 7 heteroatoms. The zero-order valence-electron chi connectivity index (χ0n) is 15.8. The minimum atomic E-state index is 0.00767. The van der Waals surface area contributed by atoms with Crippen LogP contribution >= 0.6 is 22.7 Å². The number of carbonyl (C=O) groups excluding carboxylic acids is 1. The Bertz CT molecular complexity index is 919. The minimum Gasteiger partial charge on any atom is -0.493 e. The number of rotatable bonds is 7. The highest BCUT2D eigenvalue weighted by Crippen LogP contribution is 2.32. The highest BCUT2D eigenvalue weighted by Gasteiger charge is 2.20. The van der Waals surface area contributed by atoms with Gasteiger partial charge in [0.2, 0.25) is 0 Å². The van der Waals surface area contributed by atoms with Crippen LogP contribution in [0.1, 0.15) is 20.9 Å². The third kappa shape index (κ3) is 4.31. The molecule has 27 heavy (non-hydrogen) atoms. The van der Waals surface area contributed by atoms with Gasteiger partial charge in [-0.05, 0) is 42.5 Å². The van der Waals surface area contributed by atoms with Gasteiger partial charge in [-0.1, -0.05) is 12.1 Å². The van der Waals surface area contributed by atoms with Crippen LogP contribution in [0.3, 0.4) is 0 Å². The molecular weight excluding hydrogens is 380 g/mol. The lowest BCUT2D eigenvalue weighted by atomic mass is 10.1. The summed E-state index contributed by atoms with van der Waals surface area (Å²) in [6.45, 7) is 2.50. The molecule has 1 amide bonds. The van der Waals surface area contributed by atoms with Gasteiger partial charge >= 0.3 is 0 Å². The first-order chi connectivity index (χ1) is 13.0. The molecule has 0 unspecified atom stereocenters. The predicted octanol–water partition coefficient (Wildman–Crippen LogP) is 4.51. The van der Waals surface area contributed by atoms with E-state index in [4.69, 9.17) is 9.47 Å². The molecule has 142 valence electrons. The first-order valence-electron chi connectivity index (χ1n) is 8.51. The maximum Gasteiger partial charge on any atom is 0.265 e. The summed E-state index contributed by atoms with van der Waals surface area (Å²) in [6.07, 6.45) is 0.734. The van der Waals surface area contributed by atoms with E-state index in [-0.39, 0.29) is 5.91 Å². The zero-order chi connectivity index (χ0) is 19.4. The van der Waals surface area contributed by atoms with E-state index in [0.717, 1.165) is 27.6 Å². The summed E-state index contributed by atoms with van der Waals surface area (Å²) >= 11 is 3.09. The number of amides is 1. The van der Waals surface area contributed by atoms with E-state index >= 15 is 0 Å². The van der Waals surface area contributed by atoms with Crippen LogP contribution in [0.15, 0.2) is 35.7 Å². The van der Waals surface area contributed by atoms with E-state index in [1.165, 1.54) is 11.3 Å². The molecule has 0 saturated heterocycles. The van der Waals surface area contributed by atoms with E-state index in [0.29, 0.717) is 22.9 Å². The maximum atomic E-state index is 12.8. The number of hydrogen-bond acceptors (Lipinski definition) is 6. The Balaban J connectivity index is 1.68. The van der Waals surface area contributed by atoms with Crippen molar-refractivity contribution in [1.82, 2.24) is 9.88 Å². The van der Waals surface area contributed by atoms with E-state index in [1.807, 2.05) is 49.7 Å². The van der Waals surface area contributed by atoms with Crippen molar-refractivity contribution >= 4 is 28.6 Å². The first-order valence-corrected chi connectivity index (χ1v) is 10.2. The van der Waals surface area contributed by atoms with Crippen molar-refractivity contribution in [3.8, 4) is 21.4 Å². The van der Waals surface area contributed by atoms with Gasteiger partial charge in [0.1, 0.15) is 9.88 Å². The maximum absolute atomic E-state index is 12.8. The molecule has 0 fully saturated rings. The van der Waals surface area contributed by atoms with Gasteiger partial charge in [-0.3, -0.25) is 4.79 Å². The molecule has 5 nitrogen and oxygen atoms in total. The van der Waals surface area contributed by atoms with E-state index in [1.54, 1.807) is 30.5 Å². The third-order valence-electron chi connectivity index (χ3n) is 4.25. The lowest BCUT2D eigenvalue weighted by Gasteiger charge is -2.17. The summed E-state index contributed by atoms with van der Waals surface area (Å²) in [5.74, 6) is 1.41. The van der Waals surface area contributed by atoms with Crippen LogP contribution in [-0.4, -0.2) is 43.6 Å². The van der Waals surface area contributed by atoms with Crippen molar-refractivity contribution in [3.63, 3.8) is 0 Å². The summed E-state index contributed by atoms with van der Waals surface area (Å²) in [5, 5.41) is 2.92. The SMILES string of the molecule is COc1ccc(CCN(C)C(=O)c2sc(-c3cccs3)nc2C)cc1OC. The van der Waals surface area contributed by atoms with Gasteiger partial charge in [0.15, 0.2) is 11.5 Å². The summed E-state index contributed by atoms with van der Waals surface area (Å²) in [5.41, 5.74) is 1.87. The number of aryl methyl sites for hydroxylation is 1. The topological polar surface area (TPSA) is 51.7 Å². The van der Waals surface area contributed by atoms with Crippen molar-refractivity contribution in [2.45, 2.75) is 13.3 Å². The highest BCUT2D eigenvalue weighted by atomic mass is 32.1. The molecule has 0 aliphatic heterocycles. The number of methoxy groups -OCH3 is 2. The van der Waals surface area contributed by atoms with Gasteiger partial charge in [0.05, 0.1) is 24.8 Å². The van der Waals surface area contributed by atoms with Gasteiger partial charge < -0.3 is 14.4 Å². The molecule has 1 aromatic carbocycles. The molecule has 3 rings (SSSR count). The largest absolute Gasteiger partial charge is 0.493 e. The fraction of sp³-hybridized carbons (Fsp3) is 0.300. The molecule has 0 N–H and O–H groups in total. The van der Waals surface area contributed by atoms with Gasteiger partial charge in [-0.25, -0.2) is 4.98 Å². The van der Waals surface area contributed by atoms with Crippen LogP contribution in [0.25, 0.3) is 9.88 Å². The number of nitrogens with zero attached hydrogens (tertiary/aromatic N) is 2. The van der Waals surface area contributed by atoms with Gasteiger partial charge in [0.25, 0.3) is 5.91 Å². The van der Waals surface area contributed by atoms with Crippen molar-refractivity contribution in [3.05, 3.63) is 51.8 Å². The van der Waals surface area contributed by atoms with E-state index in [2.05, 4.69) is 4.98 Å². The number of ether oxygens (including phenoxy) is 2. The van der Waals surface area contributed by atoms with E-state index in [9.17, 15) is 4.79 Å². The smallest absolute Gasteiger partial charge is 0.265 e. The van der Waals surface area contributed by atoms with Crippen molar-refractivity contribution in [2.75, 3.05) is 27.8 Å². The Labute approximate surface area is 167 Å². The van der Waals surface area contributed by atoms with Gasteiger partial charge in [-0.2, -0.15) is 0 Å². The molecule has 0 aliphatic rings. The highest BCUT2D eigenvalue weighted by molar-refractivity contribution is 7.22. The second-order valence-electron chi connectivity index (χ2n) is 6.08. The fourth-order valence-electron chi connectivity index (χ4n) is 2.71. The molecular formula is C20H22N2O3S2. The van der Waals surface area contributed by atoms with Gasteiger partial charge in [-0.15, -0.1) is 22.7 Å². The Morgan fingerprint density at radius 1 is 1.19 bits per heavy atom. The van der Waals surface area contributed by atoms with Crippen molar-refractivity contribution in [1.29, 1.82) is 0 Å². The average molecular weight is 403 g/mol. The molecule has 0 atom stereocenters. The third-order valence-corrected chi connectivity index (χ3v) is 6.44. The summed E-state index contributed by atoms with van der Waals surface area (Å²) in [7, 11) is 5.06. The van der Waals surface area contributed by atoms with Crippen molar-refractivity contribution in [2.24, 2.45) is 0 Å². The quantitative estimate of drug-likeness (QED) is 0.583. The lowest BCUT2D eigenvalue weighted by molar-refractivity contribution is 0.0800. The minimum absolute atomic E-state index is 0.00767. The first kappa shape index (κ1) is 19.4. The molecule has 0 aliphatic carbocycles. The number of aromatic nitrogens is 1. The number of hydrogen-bond donors (Lipinski definition) is 0. The fourth-order valence-corrected chi connectivity index (χ4v) is 4.57. The van der Waals surface area contributed by atoms with Crippen molar-refractivity contribution < 1.29 is 14.3 Å². The zero-order valence-corrected chi connectivity index (χ0v) is 17.4. The number of benzene rings is 1. The number of carbonyl (C=O) groups is 1.